The summed E-state index contributed by atoms with van der Waals surface area (Å²) in [6.07, 6.45) is -0.157. The monoisotopic (exact) mass is 240 g/mol. The van der Waals surface area contributed by atoms with E-state index >= 15 is 0 Å². The third-order valence-corrected chi connectivity index (χ3v) is 2.48. The molecule has 0 aliphatic rings. The van der Waals surface area contributed by atoms with Gasteiger partial charge in [-0.25, -0.2) is 0 Å². The molecule has 0 amide bonds. The van der Waals surface area contributed by atoms with Crippen molar-refractivity contribution in [2.45, 2.75) is 6.42 Å². The molecule has 0 saturated carbocycles. The number of methoxy groups -OCH3 is 1. The van der Waals surface area contributed by atoms with E-state index in [9.17, 15) is 4.79 Å². The van der Waals surface area contributed by atoms with Crippen LogP contribution in [-0.2, 0) is 11.2 Å². The summed E-state index contributed by atoms with van der Waals surface area (Å²) < 4.78 is 10.5. The van der Waals surface area contributed by atoms with Gasteiger partial charge in [-0.1, -0.05) is 11.6 Å². The van der Waals surface area contributed by atoms with E-state index in [2.05, 4.69) is 0 Å². The Kier molecular flexibility index (Phi) is 2.75. The molecule has 1 aromatic heterocycles. The molecule has 0 aliphatic carbocycles. The number of ether oxygens (including phenoxy) is 1. The van der Waals surface area contributed by atoms with Crippen molar-refractivity contribution in [2.24, 2.45) is 0 Å². The summed E-state index contributed by atoms with van der Waals surface area (Å²) in [4.78, 5) is 10.5. The van der Waals surface area contributed by atoms with Crippen LogP contribution < -0.4 is 4.74 Å². The molecule has 1 aromatic carbocycles. The van der Waals surface area contributed by atoms with Gasteiger partial charge < -0.3 is 14.3 Å². The summed E-state index contributed by atoms with van der Waals surface area (Å²) in [6.45, 7) is 0. The van der Waals surface area contributed by atoms with Gasteiger partial charge in [-0.15, -0.1) is 0 Å². The van der Waals surface area contributed by atoms with E-state index < -0.39 is 5.97 Å². The van der Waals surface area contributed by atoms with Crippen molar-refractivity contribution in [3.63, 3.8) is 0 Å². The Morgan fingerprint density at radius 3 is 2.94 bits per heavy atom. The van der Waals surface area contributed by atoms with Crippen molar-refractivity contribution >= 4 is 28.5 Å². The molecule has 0 aliphatic heterocycles. The third-order valence-electron chi connectivity index (χ3n) is 2.18. The number of carboxylic acid groups (broad SMARTS) is 1. The maximum absolute atomic E-state index is 10.5. The number of hydrogen-bond donors (Lipinski definition) is 1. The van der Waals surface area contributed by atoms with Crippen molar-refractivity contribution in [2.75, 3.05) is 7.11 Å². The Morgan fingerprint density at radius 2 is 2.31 bits per heavy atom. The minimum Gasteiger partial charge on any atom is -0.494 e. The lowest BCUT2D eigenvalue weighted by Gasteiger charge is -2.02. The predicted molar refractivity (Wildman–Crippen MR) is 59.1 cm³/mol. The summed E-state index contributed by atoms with van der Waals surface area (Å²) in [5.41, 5.74) is 0.567. The first-order valence-electron chi connectivity index (χ1n) is 4.58. The molecular weight excluding hydrogens is 232 g/mol. The zero-order valence-electron chi connectivity index (χ0n) is 8.49. The molecule has 0 radical (unpaired) electrons. The lowest BCUT2D eigenvalue weighted by Crippen LogP contribution is -1.97. The molecule has 1 N–H and O–H groups in total. The van der Waals surface area contributed by atoms with Gasteiger partial charge in [-0.3, -0.25) is 4.79 Å². The second-order valence-corrected chi connectivity index (χ2v) is 3.68. The smallest absolute Gasteiger partial charge is 0.311 e. The fraction of sp³-hybridized carbons (Fsp3) is 0.182. The Hall–Kier alpha value is -1.68. The van der Waals surface area contributed by atoms with Crippen LogP contribution in [0.15, 0.2) is 22.6 Å². The fourth-order valence-electron chi connectivity index (χ4n) is 1.56. The highest BCUT2D eigenvalue weighted by Crippen LogP contribution is 2.35. The second-order valence-electron chi connectivity index (χ2n) is 3.28. The second kappa shape index (κ2) is 4.06. The molecule has 16 heavy (non-hydrogen) atoms. The molecule has 2 aromatic rings. The first kappa shape index (κ1) is 10.8. The molecule has 0 unspecified atom stereocenters. The van der Waals surface area contributed by atoms with Gasteiger partial charge in [0.1, 0.15) is 23.5 Å². The van der Waals surface area contributed by atoms with E-state index in [0.717, 1.165) is 0 Å². The molecule has 0 atom stereocenters. The van der Waals surface area contributed by atoms with Crippen LogP contribution in [0.3, 0.4) is 0 Å². The molecule has 0 saturated heterocycles. The molecule has 1 heterocycles. The van der Waals surface area contributed by atoms with Crippen LogP contribution in [0.4, 0.5) is 0 Å². The molecule has 84 valence electrons. The van der Waals surface area contributed by atoms with Gasteiger partial charge >= 0.3 is 5.97 Å². The van der Waals surface area contributed by atoms with Gasteiger partial charge in [-0.2, -0.15) is 0 Å². The van der Waals surface area contributed by atoms with Gasteiger partial charge in [0.05, 0.1) is 17.5 Å². The van der Waals surface area contributed by atoms with Crippen molar-refractivity contribution in [3.8, 4) is 5.75 Å². The lowest BCUT2D eigenvalue weighted by atomic mass is 10.2. The van der Waals surface area contributed by atoms with E-state index in [1.165, 1.54) is 7.11 Å². The first-order valence-corrected chi connectivity index (χ1v) is 4.96. The van der Waals surface area contributed by atoms with Crippen molar-refractivity contribution < 1.29 is 19.1 Å². The summed E-state index contributed by atoms with van der Waals surface area (Å²) in [5, 5.41) is 9.81. The SMILES string of the molecule is COc1c(Cl)ccc2oc(CC(=O)O)cc12. The third kappa shape index (κ3) is 1.84. The van der Waals surface area contributed by atoms with Crippen LogP contribution in [0.2, 0.25) is 5.02 Å². The minimum absolute atomic E-state index is 0.157. The van der Waals surface area contributed by atoms with Crippen LogP contribution in [0, 0.1) is 0 Å². The van der Waals surface area contributed by atoms with E-state index in [1.54, 1.807) is 18.2 Å². The predicted octanol–water partition coefficient (Wildman–Crippen LogP) is 2.72. The van der Waals surface area contributed by atoms with Crippen LogP contribution in [0.1, 0.15) is 5.76 Å². The fourth-order valence-corrected chi connectivity index (χ4v) is 1.80. The largest absolute Gasteiger partial charge is 0.494 e. The molecule has 5 heteroatoms. The van der Waals surface area contributed by atoms with Gasteiger partial charge in [0, 0.05) is 0 Å². The van der Waals surface area contributed by atoms with E-state index in [4.69, 9.17) is 25.9 Å². The van der Waals surface area contributed by atoms with Crippen LogP contribution in [0.5, 0.6) is 5.75 Å². The average molecular weight is 241 g/mol. The number of halogens is 1. The Bertz CT molecular complexity index is 544. The summed E-state index contributed by atoms with van der Waals surface area (Å²) in [5.74, 6) is -0.0632. The van der Waals surface area contributed by atoms with E-state index in [1.807, 2.05) is 0 Å². The molecule has 4 nitrogen and oxygen atoms in total. The molecular formula is C11H9ClO4. The summed E-state index contributed by atoms with van der Waals surface area (Å²) >= 11 is 5.94. The van der Waals surface area contributed by atoms with Crippen molar-refractivity contribution in [3.05, 3.63) is 29.0 Å². The summed E-state index contributed by atoms with van der Waals surface area (Å²) in [7, 11) is 1.50. The molecule has 0 spiro atoms. The van der Waals surface area contributed by atoms with E-state index in [-0.39, 0.29) is 6.42 Å². The average Bonchev–Trinajstić information content (AvgIpc) is 2.59. The lowest BCUT2D eigenvalue weighted by molar-refractivity contribution is -0.136. The van der Waals surface area contributed by atoms with Gasteiger partial charge in [-0.05, 0) is 18.2 Å². The number of hydrogen-bond acceptors (Lipinski definition) is 3. The first-order chi connectivity index (χ1) is 7.61. The maximum Gasteiger partial charge on any atom is 0.311 e. The number of carboxylic acids is 1. The number of aliphatic carboxylic acids is 1. The zero-order valence-corrected chi connectivity index (χ0v) is 9.25. The number of carbonyl (C=O) groups is 1. The highest BCUT2D eigenvalue weighted by atomic mass is 35.5. The summed E-state index contributed by atoms with van der Waals surface area (Å²) in [6, 6.07) is 4.97. The highest BCUT2D eigenvalue weighted by molar-refractivity contribution is 6.33. The Labute approximate surface area is 96.4 Å². The quantitative estimate of drug-likeness (QED) is 0.896. The van der Waals surface area contributed by atoms with Gasteiger partial charge in [0.2, 0.25) is 0 Å². The van der Waals surface area contributed by atoms with E-state index in [0.29, 0.717) is 27.5 Å². The van der Waals surface area contributed by atoms with Crippen LogP contribution >= 0.6 is 11.6 Å². The molecule has 0 bridgehead atoms. The number of benzene rings is 1. The Morgan fingerprint density at radius 1 is 1.56 bits per heavy atom. The maximum atomic E-state index is 10.5. The van der Waals surface area contributed by atoms with Crippen molar-refractivity contribution in [1.29, 1.82) is 0 Å². The van der Waals surface area contributed by atoms with Crippen LogP contribution in [0.25, 0.3) is 11.0 Å². The standard InChI is InChI=1S/C11H9ClO4/c1-15-11-7-4-6(5-10(13)14)16-9(7)3-2-8(11)12/h2-4H,5H2,1H3,(H,13,14). The normalized spacial score (nSPS) is 10.6. The number of furan rings is 1. The van der Waals surface area contributed by atoms with Crippen molar-refractivity contribution in [1.82, 2.24) is 0 Å². The van der Waals surface area contributed by atoms with Gasteiger partial charge in [0.25, 0.3) is 0 Å². The van der Waals surface area contributed by atoms with Crippen LogP contribution in [-0.4, -0.2) is 18.2 Å². The highest BCUT2D eigenvalue weighted by Gasteiger charge is 2.13. The molecule has 0 fully saturated rings. The number of fused-ring (bicyclic) bond motifs is 1. The zero-order chi connectivity index (χ0) is 11.7. The van der Waals surface area contributed by atoms with Gasteiger partial charge in [0.15, 0.2) is 0 Å². The minimum atomic E-state index is -0.941. The molecule has 2 rings (SSSR count). The number of rotatable bonds is 3. The Balaban J connectivity index is 2.56. The topological polar surface area (TPSA) is 59.7 Å².